The van der Waals surface area contributed by atoms with Gasteiger partial charge in [0.2, 0.25) is 0 Å². The van der Waals surface area contributed by atoms with Crippen molar-refractivity contribution in [2.45, 2.75) is 6.92 Å². The van der Waals surface area contributed by atoms with Gasteiger partial charge in [0.15, 0.2) is 11.6 Å². The SMILES string of the molecule is CC1=CC(=O)CN(C)CC1=O. The number of ketones is 2. The molecule has 0 radical (unpaired) electrons. The molecular weight excluding hydrogens is 142 g/mol. The summed E-state index contributed by atoms with van der Waals surface area (Å²) in [5.74, 6) is 0.0502. The molecule has 0 spiro atoms. The maximum Gasteiger partial charge on any atom is 0.172 e. The van der Waals surface area contributed by atoms with Crippen molar-refractivity contribution < 1.29 is 9.59 Å². The van der Waals surface area contributed by atoms with Crippen LogP contribution in [0, 0.1) is 0 Å². The molecule has 0 atom stereocenters. The Morgan fingerprint density at radius 3 is 2.64 bits per heavy atom. The van der Waals surface area contributed by atoms with Crippen LogP contribution in [0.15, 0.2) is 11.6 Å². The van der Waals surface area contributed by atoms with Crippen molar-refractivity contribution >= 4 is 11.6 Å². The summed E-state index contributed by atoms with van der Waals surface area (Å²) in [6.07, 6.45) is 1.42. The third-order valence-corrected chi connectivity index (χ3v) is 1.66. The zero-order valence-electron chi connectivity index (χ0n) is 6.76. The molecule has 0 saturated carbocycles. The lowest BCUT2D eigenvalue weighted by molar-refractivity contribution is -0.116. The third-order valence-electron chi connectivity index (χ3n) is 1.66. The van der Waals surface area contributed by atoms with E-state index < -0.39 is 0 Å². The molecule has 3 nitrogen and oxygen atoms in total. The Labute approximate surface area is 65.7 Å². The summed E-state index contributed by atoms with van der Waals surface area (Å²) >= 11 is 0. The van der Waals surface area contributed by atoms with E-state index in [0.29, 0.717) is 18.7 Å². The molecule has 11 heavy (non-hydrogen) atoms. The molecule has 60 valence electrons. The van der Waals surface area contributed by atoms with Crippen LogP contribution in [0.5, 0.6) is 0 Å². The number of rotatable bonds is 0. The second-order valence-electron chi connectivity index (χ2n) is 2.89. The summed E-state index contributed by atoms with van der Waals surface area (Å²) in [6.45, 7) is 2.39. The third kappa shape index (κ3) is 1.98. The quantitative estimate of drug-likeness (QED) is 0.492. The van der Waals surface area contributed by atoms with Crippen molar-refractivity contribution in [3.63, 3.8) is 0 Å². The first-order valence-electron chi connectivity index (χ1n) is 3.52. The van der Waals surface area contributed by atoms with Gasteiger partial charge in [-0.25, -0.2) is 0 Å². The molecular formula is C8H11NO2. The van der Waals surface area contributed by atoms with E-state index in [0.717, 1.165) is 0 Å². The number of likely N-dealkylation sites (N-methyl/N-ethyl adjacent to an activating group) is 1. The zero-order chi connectivity index (χ0) is 8.43. The molecule has 1 rings (SSSR count). The molecule has 0 aliphatic carbocycles. The molecule has 0 N–H and O–H groups in total. The Balaban J connectivity index is 2.84. The summed E-state index contributed by atoms with van der Waals surface area (Å²) in [5, 5.41) is 0. The van der Waals surface area contributed by atoms with Crippen LogP contribution in [0.25, 0.3) is 0 Å². The highest BCUT2D eigenvalue weighted by molar-refractivity contribution is 6.05. The lowest BCUT2D eigenvalue weighted by atomic mass is 10.2. The van der Waals surface area contributed by atoms with Crippen molar-refractivity contribution in [1.29, 1.82) is 0 Å². The van der Waals surface area contributed by atoms with Crippen LogP contribution in [0.1, 0.15) is 6.92 Å². The standard InChI is InChI=1S/C8H11NO2/c1-6-3-7(10)4-9(2)5-8(6)11/h3H,4-5H2,1-2H3. The van der Waals surface area contributed by atoms with E-state index in [1.54, 1.807) is 18.9 Å². The van der Waals surface area contributed by atoms with E-state index in [-0.39, 0.29) is 11.6 Å². The Kier molecular flexibility index (Phi) is 2.19. The molecule has 0 saturated heterocycles. The predicted molar refractivity (Wildman–Crippen MR) is 41.3 cm³/mol. The maximum absolute atomic E-state index is 11.1. The highest BCUT2D eigenvalue weighted by atomic mass is 16.1. The molecule has 0 aromatic heterocycles. The van der Waals surface area contributed by atoms with E-state index in [1.165, 1.54) is 6.08 Å². The van der Waals surface area contributed by atoms with Gasteiger partial charge in [0.05, 0.1) is 13.1 Å². The molecule has 0 aromatic carbocycles. The van der Waals surface area contributed by atoms with Crippen LogP contribution >= 0.6 is 0 Å². The first-order valence-corrected chi connectivity index (χ1v) is 3.52. The van der Waals surface area contributed by atoms with Gasteiger partial charge in [-0.15, -0.1) is 0 Å². The van der Waals surface area contributed by atoms with Gasteiger partial charge in [-0.2, -0.15) is 0 Å². The summed E-state index contributed by atoms with van der Waals surface area (Å²) < 4.78 is 0. The topological polar surface area (TPSA) is 37.4 Å². The van der Waals surface area contributed by atoms with E-state index >= 15 is 0 Å². The molecule has 0 bridgehead atoms. The number of carbonyl (C=O) groups is 2. The number of hydrogen-bond acceptors (Lipinski definition) is 3. The van der Waals surface area contributed by atoms with Gasteiger partial charge in [-0.3, -0.25) is 14.5 Å². The second kappa shape index (κ2) is 2.96. The van der Waals surface area contributed by atoms with Crippen LogP contribution in [-0.2, 0) is 9.59 Å². The smallest absolute Gasteiger partial charge is 0.172 e. The maximum atomic E-state index is 11.1. The average molecular weight is 153 g/mol. The lowest BCUT2D eigenvalue weighted by Crippen LogP contribution is -2.27. The fourth-order valence-corrected chi connectivity index (χ4v) is 1.06. The van der Waals surface area contributed by atoms with Crippen molar-refractivity contribution in [2.24, 2.45) is 0 Å². The fourth-order valence-electron chi connectivity index (χ4n) is 1.06. The Bertz CT molecular complexity index is 230. The van der Waals surface area contributed by atoms with Crippen LogP contribution in [0.4, 0.5) is 0 Å². The molecule has 3 heteroatoms. The van der Waals surface area contributed by atoms with Crippen LogP contribution in [0.2, 0.25) is 0 Å². The molecule has 1 aliphatic heterocycles. The number of hydrogen-bond donors (Lipinski definition) is 0. The molecule has 0 fully saturated rings. The number of carbonyl (C=O) groups excluding carboxylic acids is 2. The van der Waals surface area contributed by atoms with Gasteiger partial charge < -0.3 is 0 Å². The van der Waals surface area contributed by atoms with Gasteiger partial charge >= 0.3 is 0 Å². The van der Waals surface area contributed by atoms with Crippen molar-refractivity contribution in [3.05, 3.63) is 11.6 Å². The average Bonchev–Trinajstić information content (AvgIpc) is 1.93. The van der Waals surface area contributed by atoms with Crippen LogP contribution in [-0.4, -0.2) is 36.6 Å². The molecule has 1 aliphatic rings. The van der Waals surface area contributed by atoms with E-state index in [9.17, 15) is 9.59 Å². The Morgan fingerprint density at radius 1 is 1.36 bits per heavy atom. The minimum absolute atomic E-state index is 0.0100. The zero-order valence-corrected chi connectivity index (χ0v) is 6.76. The van der Waals surface area contributed by atoms with Crippen molar-refractivity contribution in [3.8, 4) is 0 Å². The minimum atomic E-state index is 0.0100. The fraction of sp³-hybridized carbons (Fsp3) is 0.500. The summed E-state index contributed by atoms with van der Waals surface area (Å²) in [5.41, 5.74) is 0.569. The van der Waals surface area contributed by atoms with Gasteiger partial charge in [0.1, 0.15) is 0 Å². The highest BCUT2D eigenvalue weighted by Gasteiger charge is 2.15. The van der Waals surface area contributed by atoms with Crippen molar-refractivity contribution in [1.82, 2.24) is 4.90 Å². The van der Waals surface area contributed by atoms with E-state index in [2.05, 4.69) is 0 Å². The van der Waals surface area contributed by atoms with Gasteiger partial charge in [-0.1, -0.05) is 0 Å². The Morgan fingerprint density at radius 2 is 2.00 bits per heavy atom. The number of Topliss-reactive ketones (excluding diaryl/α,β-unsaturated/α-hetero) is 1. The van der Waals surface area contributed by atoms with Crippen LogP contribution in [0.3, 0.4) is 0 Å². The molecule has 1 heterocycles. The van der Waals surface area contributed by atoms with Crippen LogP contribution < -0.4 is 0 Å². The lowest BCUT2D eigenvalue weighted by Gasteiger charge is -2.09. The summed E-state index contributed by atoms with van der Waals surface area (Å²) in [6, 6.07) is 0. The minimum Gasteiger partial charge on any atom is -0.293 e. The molecule has 0 amide bonds. The highest BCUT2D eigenvalue weighted by Crippen LogP contribution is 2.02. The Hall–Kier alpha value is -0.960. The number of nitrogens with zero attached hydrogens (tertiary/aromatic N) is 1. The van der Waals surface area contributed by atoms with E-state index in [4.69, 9.17) is 0 Å². The monoisotopic (exact) mass is 153 g/mol. The normalized spacial score (nSPS) is 21.5. The van der Waals surface area contributed by atoms with Gasteiger partial charge in [-0.05, 0) is 25.6 Å². The van der Waals surface area contributed by atoms with E-state index in [1.807, 2.05) is 0 Å². The summed E-state index contributed by atoms with van der Waals surface area (Å²) in [4.78, 5) is 23.8. The first-order chi connectivity index (χ1) is 5.09. The second-order valence-corrected chi connectivity index (χ2v) is 2.89. The van der Waals surface area contributed by atoms with Gasteiger partial charge in [0, 0.05) is 0 Å². The summed E-state index contributed by atoms with van der Waals surface area (Å²) in [7, 11) is 1.77. The van der Waals surface area contributed by atoms with Crippen molar-refractivity contribution in [2.75, 3.05) is 20.1 Å². The van der Waals surface area contributed by atoms with Gasteiger partial charge in [0.25, 0.3) is 0 Å². The predicted octanol–water partition coefficient (Wildman–Crippen LogP) is 0.0163. The largest absolute Gasteiger partial charge is 0.293 e. The first kappa shape index (κ1) is 8.14. The molecule has 0 unspecified atom stereocenters. The molecule has 0 aromatic rings.